The molecule has 0 aliphatic heterocycles. The predicted octanol–water partition coefficient (Wildman–Crippen LogP) is 4.06. The molecule has 0 aliphatic carbocycles. The second kappa shape index (κ2) is 6.46. The molecule has 0 bridgehead atoms. The Morgan fingerprint density at radius 3 is 2.38 bits per heavy atom. The van der Waals surface area contributed by atoms with Gasteiger partial charge in [-0.25, -0.2) is 0 Å². The smallest absolute Gasteiger partial charge is 0.237 e. The van der Waals surface area contributed by atoms with Gasteiger partial charge in [0.15, 0.2) is 0 Å². The van der Waals surface area contributed by atoms with E-state index < -0.39 is 0 Å². The molecule has 118 valence electrons. The molecule has 3 heterocycles. The van der Waals surface area contributed by atoms with Crippen molar-refractivity contribution in [2.24, 2.45) is 0 Å². The summed E-state index contributed by atoms with van der Waals surface area (Å²) in [7, 11) is 0. The standard InChI is InChI=1S/C17H12N4OS2/c22-15(6-12-2-1-3-13-7-18-5-4-14(12)13)21(16-8-19-10-23-16)17-9-20-11-24-17/h1-5,7-11H,6H2. The second-order valence-corrected chi connectivity index (χ2v) is 6.83. The van der Waals surface area contributed by atoms with Crippen LogP contribution in [0, 0.1) is 0 Å². The van der Waals surface area contributed by atoms with Crippen LogP contribution in [0.5, 0.6) is 0 Å². The number of carbonyl (C=O) groups excluding carboxylic acids is 1. The molecule has 0 aliphatic rings. The molecule has 5 nitrogen and oxygen atoms in total. The lowest BCUT2D eigenvalue weighted by Crippen LogP contribution is -2.26. The van der Waals surface area contributed by atoms with E-state index in [1.54, 1.807) is 34.5 Å². The minimum atomic E-state index is -0.00666. The van der Waals surface area contributed by atoms with E-state index >= 15 is 0 Å². The SMILES string of the molecule is O=C(Cc1cccc2cnccc12)N(c1cncs1)c1cncs1. The van der Waals surface area contributed by atoms with E-state index in [2.05, 4.69) is 15.0 Å². The largest absolute Gasteiger partial charge is 0.274 e. The Morgan fingerprint density at radius 2 is 1.71 bits per heavy atom. The highest BCUT2D eigenvalue weighted by Gasteiger charge is 2.21. The number of amides is 1. The molecule has 0 unspecified atom stereocenters. The monoisotopic (exact) mass is 352 g/mol. The van der Waals surface area contributed by atoms with Crippen LogP contribution in [0.4, 0.5) is 10.0 Å². The van der Waals surface area contributed by atoms with Crippen molar-refractivity contribution in [2.75, 3.05) is 4.90 Å². The van der Waals surface area contributed by atoms with Crippen molar-refractivity contribution in [3.8, 4) is 0 Å². The molecule has 7 heteroatoms. The summed E-state index contributed by atoms with van der Waals surface area (Å²) in [6.07, 6.45) is 7.27. The third-order valence-corrected chi connectivity index (χ3v) is 5.15. The van der Waals surface area contributed by atoms with Gasteiger partial charge in [0.2, 0.25) is 5.91 Å². The fourth-order valence-electron chi connectivity index (χ4n) is 2.58. The first-order valence-corrected chi connectivity index (χ1v) is 9.00. The molecule has 0 radical (unpaired) electrons. The minimum Gasteiger partial charge on any atom is -0.274 e. The van der Waals surface area contributed by atoms with Crippen LogP contribution in [-0.4, -0.2) is 20.9 Å². The number of fused-ring (bicyclic) bond motifs is 1. The predicted molar refractivity (Wildman–Crippen MR) is 96.8 cm³/mol. The van der Waals surface area contributed by atoms with E-state index in [9.17, 15) is 4.79 Å². The zero-order chi connectivity index (χ0) is 16.4. The first-order valence-electron chi connectivity index (χ1n) is 7.24. The first kappa shape index (κ1) is 14.9. The zero-order valence-electron chi connectivity index (χ0n) is 12.5. The normalized spacial score (nSPS) is 10.8. The maximum Gasteiger partial charge on any atom is 0.237 e. The lowest BCUT2D eigenvalue weighted by atomic mass is 10.0. The van der Waals surface area contributed by atoms with Crippen LogP contribution in [0.15, 0.2) is 60.1 Å². The van der Waals surface area contributed by atoms with Crippen molar-refractivity contribution >= 4 is 49.4 Å². The van der Waals surface area contributed by atoms with Crippen LogP contribution >= 0.6 is 22.7 Å². The molecule has 0 saturated carbocycles. The number of benzene rings is 1. The number of pyridine rings is 1. The van der Waals surface area contributed by atoms with Crippen molar-refractivity contribution in [3.05, 3.63) is 65.6 Å². The van der Waals surface area contributed by atoms with E-state index in [0.717, 1.165) is 26.3 Å². The molecule has 0 fully saturated rings. The Bertz CT molecular complexity index is 928. The van der Waals surface area contributed by atoms with Crippen LogP contribution in [0.3, 0.4) is 0 Å². The molecule has 0 spiro atoms. The van der Waals surface area contributed by atoms with Crippen LogP contribution < -0.4 is 4.90 Å². The number of nitrogens with zero attached hydrogens (tertiary/aromatic N) is 4. The van der Waals surface area contributed by atoms with Gasteiger partial charge < -0.3 is 0 Å². The number of rotatable bonds is 4. The van der Waals surface area contributed by atoms with Crippen LogP contribution in [-0.2, 0) is 11.2 Å². The number of carbonyl (C=O) groups is 1. The van der Waals surface area contributed by atoms with Gasteiger partial charge in [0.25, 0.3) is 0 Å². The summed E-state index contributed by atoms with van der Waals surface area (Å²) < 4.78 is 0. The molecule has 4 rings (SSSR count). The van der Waals surface area contributed by atoms with E-state index in [4.69, 9.17) is 0 Å². The van der Waals surface area contributed by atoms with Crippen LogP contribution in [0.2, 0.25) is 0 Å². The molecule has 0 atom stereocenters. The fraction of sp³-hybridized carbons (Fsp3) is 0.0588. The lowest BCUT2D eigenvalue weighted by molar-refractivity contribution is -0.117. The minimum absolute atomic E-state index is 0.00666. The Labute approximate surface area is 146 Å². The third kappa shape index (κ3) is 2.79. The Balaban J connectivity index is 1.71. The van der Waals surface area contributed by atoms with Gasteiger partial charge in [-0.05, 0) is 17.0 Å². The molecule has 3 aromatic heterocycles. The highest BCUT2D eigenvalue weighted by Crippen LogP contribution is 2.32. The van der Waals surface area contributed by atoms with Crippen LogP contribution in [0.1, 0.15) is 5.56 Å². The van der Waals surface area contributed by atoms with Gasteiger partial charge in [0.1, 0.15) is 10.0 Å². The summed E-state index contributed by atoms with van der Waals surface area (Å²) in [4.78, 5) is 27.0. The number of hydrogen-bond acceptors (Lipinski definition) is 6. The van der Waals surface area contributed by atoms with Crippen molar-refractivity contribution < 1.29 is 4.79 Å². The maximum absolute atomic E-state index is 13.0. The Morgan fingerprint density at radius 1 is 0.958 bits per heavy atom. The zero-order valence-corrected chi connectivity index (χ0v) is 14.1. The second-order valence-electron chi connectivity index (χ2n) is 5.10. The van der Waals surface area contributed by atoms with Gasteiger partial charge in [-0.3, -0.25) is 24.6 Å². The number of aromatic nitrogens is 3. The third-order valence-electron chi connectivity index (χ3n) is 3.64. The molecule has 24 heavy (non-hydrogen) atoms. The molecule has 1 aromatic carbocycles. The van der Waals surface area contributed by atoms with Crippen LogP contribution in [0.25, 0.3) is 10.8 Å². The van der Waals surface area contributed by atoms with E-state index in [0.29, 0.717) is 6.42 Å². The molecule has 0 saturated heterocycles. The summed E-state index contributed by atoms with van der Waals surface area (Å²) in [5.41, 5.74) is 4.43. The van der Waals surface area contributed by atoms with E-state index in [1.165, 1.54) is 22.7 Å². The lowest BCUT2D eigenvalue weighted by Gasteiger charge is -2.18. The van der Waals surface area contributed by atoms with Gasteiger partial charge in [0.05, 0.1) is 29.8 Å². The maximum atomic E-state index is 13.0. The van der Waals surface area contributed by atoms with Crippen molar-refractivity contribution in [3.63, 3.8) is 0 Å². The van der Waals surface area contributed by atoms with Crippen molar-refractivity contribution in [2.45, 2.75) is 6.42 Å². The number of hydrogen-bond donors (Lipinski definition) is 0. The average molecular weight is 352 g/mol. The Kier molecular flexibility index (Phi) is 4.02. The summed E-state index contributed by atoms with van der Waals surface area (Å²) >= 11 is 2.87. The summed E-state index contributed by atoms with van der Waals surface area (Å²) in [6.45, 7) is 0. The van der Waals surface area contributed by atoms with E-state index in [1.807, 2.05) is 30.5 Å². The van der Waals surface area contributed by atoms with Crippen molar-refractivity contribution in [1.82, 2.24) is 15.0 Å². The van der Waals surface area contributed by atoms with Gasteiger partial charge in [-0.15, -0.1) is 22.7 Å². The summed E-state index contributed by atoms with van der Waals surface area (Å²) in [5.74, 6) is -0.00666. The van der Waals surface area contributed by atoms with Gasteiger partial charge >= 0.3 is 0 Å². The first-order chi connectivity index (χ1) is 11.8. The number of anilines is 2. The van der Waals surface area contributed by atoms with Crippen molar-refractivity contribution in [1.29, 1.82) is 0 Å². The van der Waals surface area contributed by atoms with E-state index in [-0.39, 0.29) is 5.91 Å². The molecular weight excluding hydrogens is 340 g/mol. The summed E-state index contributed by atoms with van der Waals surface area (Å²) in [5, 5.41) is 3.68. The number of thiazole rings is 2. The fourth-order valence-corrected chi connectivity index (χ4v) is 3.95. The highest BCUT2D eigenvalue weighted by molar-refractivity contribution is 7.16. The summed E-state index contributed by atoms with van der Waals surface area (Å²) in [6, 6.07) is 7.89. The van der Waals surface area contributed by atoms with Gasteiger partial charge in [-0.1, -0.05) is 18.2 Å². The van der Waals surface area contributed by atoms with Gasteiger partial charge in [-0.2, -0.15) is 0 Å². The molecular formula is C17H12N4OS2. The van der Waals surface area contributed by atoms with Gasteiger partial charge in [0, 0.05) is 17.8 Å². The topological polar surface area (TPSA) is 59.0 Å². The molecule has 1 amide bonds. The molecule has 0 N–H and O–H groups in total. The molecule has 4 aromatic rings. The highest BCUT2D eigenvalue weighted by atomic mass is 32.1. The average Bonchev–Trinajstić information content (AvgIpc) is 3.30. The quantitative estimate of drug-likeness (QED) is 0.556. The Hall–Kier alpha value is -2.64.